The molecule has 0 amide bonds. The Morgan fingerprint density at radius 1 is 1.28 bits per heavy atom. The van der Waals surface area contributed by atoms with Crippen LogP contribution in [-0.4, -0.2) is 30.0 Å². The molecule has 0 saturated carbocycles. The van der Waals surface area contributed by atoms with Gasteiger partial charge >= 0.3 is 0 Å². The van der Waals surface area contributed by atoms with Gasteiger partial charge in [0.25, 0.3) is 0 Å². The third kappa shape index (κ3) is 3.72. The Morgan fingerprint density at radius 2 is 2.00 bits per heavy atom. The van der Waals surface area contributed by atoms with Gasteiger partial charge in [-0.1, -0.05) is 19.9 Å². The summed E-state index contributed by atoms with van der Waals surface area (Å²) in [6.45, 7) is 4.06. The van der Waals surface area contributed by atoms with E-state index in [1.807, 2.05) is 6.07 Å². The van der Waals surface area contributed by atoms with E-state index in [-0.39, 0.29) is 12.5 Å². The van der Waals surface area contributed by atoms with Crippen LogP contribution in [0.3, 0.4) is 0 Å². The van der Waals surface area contributed by atoms with Gasteiger partial charge in [-0.15, -0.1) is 0 Å². The lowest BCUT2D eigenvalue weighted by Crippen LogP contribution is -2.17. The van der Waals surface area contributed by atoms with Gasteiger partial charge in [-0.25, -0.2) is 0 Å². The molecule has 0 aliphatic rings. The van der Waals surface area contributed by atoms with E-state index in [0.29, 0.717) is 6.42 Å². The Morgan fingerprint density at radius 3 is 2.50 bits per heavy atom. The van der Waals surface area contributed by atoms with Crippen LogP contribution in [0.1, 0.15) is 43.7 Å². The SMILES string of the molecule is CCc1cc(OC)ccc1C(CC)CC(O)CO. The van der Waals surface area contributed by atoms with Crippen LogP contribution in [0.25, 0.3) is 0 Å². The maximum absolute atomic E-state index is 9.61. The molecule has 0 saturated heterocycles. The summed E-state index contributed by atoms with van der Waals surface area (Å²) in [5.74, 6) is 1.15. The molecule has 3 nitrogen and oxygen atoms in total. The van der Waals surface area contributed by atoms with E-state index in [1.165, 1.54) is 11.1 Å². The number of hydrogen-bond acceptors (Lipinski definition) is 3. The molecule has 0 fully saturated rings. The van der Waals surface area contributed by atoms with Crippen LogP contribution in [0.2, 0.25) is 0 Å². The van der Waals surface area contributed by atoms with Crippen LogP contribution in [0, 0.1) is 0 Å². The van der Waals surface area contributed by atoms with Gasteiger partial charge in [0.1, 0.15) is 5.75 Å². The Balaban J connectivity index is 2.97. The number of benzene rings is 1. The summed E-state index contributed by atoms with van der Waals surface area (Å²) < 4.78 is 5.24. The zero-order chi connectivity index (χ0) is 13.5. The molecule has 2 atom stereocenters. The molecular weight excluding hydrogens is 228 g/mol. The Labute approximate surface area is 109 Å². The fourth-order valence-electron chi connectivity index (χ4n) is 2.33. The van der Waals surface area contributed by atoms with Crippen LogP contribution in [-0.2, 0) is 6.42 Å². The van der Waals surface area contributed by atoms with E-state index in [2.05, 4.69) is 26.0 Å². The quantitative estimate of drug-likeness (QED) is 0.784. The van der Waals surface area contributed by atoms with Crippen LogP contribution in [0.5, 0.6) is 5.75 Å². The minimum Gasteiger partial charge on any atom is -0.497 e. The van der Waals surface area contributed by atoms with E-state index in [1.54, 1.807) is 7.11 Å². The number of methoxy groups -OCH3 is 1. The van der Waals surface area contributed by atoms with Gasteiger partial charge in [-0.05, 0) is 48.4 Å². The molecule has 0 aliphatic carbocycles. The molecule has 0 aromatic heterocycles. The highest BCUT2D eigenvalue weighted by Crippen LogP contribution is 2.30. The van der Waals surface area contributed by atoms with Crippen molar-refractivity contribution in [1.29, 1.82) is 0 Å². The predicted molar refractivity (Wildman–Crippen MR) is 73.1 cm³/mol. The zero-order valence-corrected chi connectivity index (χ0v) is 11.5. The number of aryl methyl sites for hydroxylation is 1. The van der Waals surface area contributed by atoms with Crippen molar-refractivity contribution in [2.45, 2.75) is 45.1 Å². The first-order chi connectivity index (χ1) is 8.65. The highest BCUT2D eigenvalue weighted by atomic mass is 16.5. The fourth-order valence-corrected chi connectivity index (χ4v) is 2.33. The van der Waals surface area contributed by atoms with Crippen molar-refractivity contribution in [1.82, 2.24) is 0 Å². The van der Waals surface area contributed by atoms with E-state index >= 15 is 0 Å². The summed E-state index contributed by atoms with van der Waals surface area (Å²) in [5.41, 5.74) is 2.51. The number of ether oxygens (including phenoxy) is 1. The molecule has 1 aromatic rings. The number of hydrogen-bond donors (Lipinski definition) is 2. The molecule has 18 heavy (non-hydrogen) atoms. The van der Waals surface area contributed by atoms with Crippen molar-refractivity contribution in [2.75, 3.05) is 13.7 Å². The van der Waals surface area contributed by atoms with Crippen LogP contribution in [0.4, 0.5) is 0 Å². The third-order valence-corrected chi connectivity index (χ3v) is 3.43. The molecule has 1 aromatic carbocycles. The summed E-state index contributed by atoms with van der Waals surface area (Å²) in [5, 5.41) is 18.6. The first-order valence-corrected chi connectivity index (χ1v) is 6.61. The largest absolute Gasteiger partial charge is 0.497 e. The first kappa shape index (κ1) is 15.0. The fraction of sp³-hybridized carbons (Fsp3) is 0.600. The van der Waals surface area contributed by atoms with Crippen LogP contribution in [0.15, 0.2) is 18.2 Å². The van der Waals surface area contributed by atoms with Gasteiger partial charge in [0.2, 0.25) is 0 Å². The van der Waals surface area contributed by atoms with Gasteiger partial charge in [0.15, 0.2) is 0 Å². The summed E-state index contributed by atoms with van der Waals surface area (Å²) in [4.78, 5) is 0. The van der Waals surface area contributed by atoms with Crippen molar-refractivity contribution in [3.05, 3.63) is 29.3 Å². The summed E-state index contributed by atoms with van der Waals surface area (Å²) in [6, 6.07) is 6.10. The second-order valence-electron chi connectivity index (χ2n) is 4.60. The van der Waals surface area contributed by atoms with E-state index in [0.717, 1.165) is 18.6 Å². The number of rotatable bonds is 7. The molecule has 2 unspecified atom stereocenters. The van der Waals surface area contributed by atoms with Gasteiger partial charge in [-0.3, -0.25) is 0 Å². The standard InChI is InChI=1S/C15H24O3/c1-4-11(8-13(17)10-16)15-7-6-14(18-3)9-12(15)5-2/h6-7,9,11,13,16-17H,4-5,8,10H2,1-3H3. The zero-order valence-electron chi connectivity index (χ0n) is 11.5. The number of aliphatic hydroxyl groups is 2. The molecule has 0 spiro atoms. The lowest BCUT2D eigenvalue weighted by Gasteiger charge is -2.21. The molecule has 102 valence electrons. The highest BCUT2D eigenvalue weighted by Gasteiger charge is 2.17. The topological polar surface area (TPSA) is 49.7 Å². The van der Waals surface area contributed by atoms with E-state index < -0.39 is 6.10 Å². The molecule has 3 heteroatoms. The van der Waals surface area contributed by atoms with E-state index in [9.17, 15) is 5.11 Å². The molecular formula is C15H24O3. The van der Waals surface area contributed by atoms with Gasteiger partial charge in [0, 0.05) is 0 Å². The average molecular weight is 252 g/mol. The lowest BCUT2D eigenvalue weighted by atomic mass is 9.87. The molecule has 0 bridgehead atoms. The van der Waals surface area contributed by atoms with Gasteiger partial charge < -0.3 is 14.9 Å². The Kier molecular flexibility index (Phi) is 6.16. The second kappa shape index (κ2) is 7.39. The molecule has 2 N–H and O–H groups in total. The van der Waals surface area contributed by atoms with E-state index in [4.69, 9.17) is 9.84 Å². The minimum absolute atomic E-state index is 0.173. The van der Waals surface area contributed by atoms with Gasteiger partial charge in [-0.2, -0.15) is 0 Å². The molecule has 0 radical (unpaired) electrons. The summed E-state index contributed by atoms with van der Waals surface area (Å²) in [7, 11) is 1.67. The Bertz CT molecular complexity index is 363. The molecule has 1 rings (SSSR count). The smallest absolute Gasteiger partial charge is 0.119 e. The first-order valence-electron chi connectivity index (χ1n) is 6.61. The normalized spacial score (nSPS) is 14.3. The minimum atomic E-state index is -0.637. The monoisotopic (exact) mass is 252 g/mol. The van der Waals surface area contributed by atoms with Crippen molar-refractivity contribution in [3.8, 4) is 5.75 Å². The average Bonchev–Trinajstić information content (AvgIpc) is 2.43. The van der Waals surface area contributed by atoms with Crippen molar-refractivity contribution in [3.63, 3.8) is 0 Å². The molecule has 0 aliphatic heterocycles. The third-order valence-electron chi connectivity index (χ3n) is 3.43. The summed E-state index contributed by atoms with van der Waals surface area (Å²) >= 11 is 0. The van der Waals surface area contributed by atoms with Crippen LogP contribution >= 0.6 is 0 Å². The van der Waals surface area contributed by atoms with Crippen LogP contribution < -0.4 is 4.74 Å². The predicted octanol–water partition coefficient (Wildman–Crippen LogP) is 2.49. The Hall–Kier alpha value is -1.06. The van der Waals surface area contributed by atoms with Gasteiger partial charge in [0.05, 0.1) is 19.8 Å². The van der Waals surface area contributed by atoms with Crippen molar-refractivity contribution >= 4 is 0 Å². The van der Waals surface area contributed by atoms with Crippen molar-refractivity contribution < 1.29 is 14.9 Å². The van der Waals surface area contributed by atoms with Crippen molar-refractivity contribution in [2.24, 2.45) is 0 Å². The molecule has 0 heterocycles. The maximum Gasteiger partial charge on any atom is 0.119 e. The second-order valence-corrected chi connectivity index (χ2v) is 4.60. The highest BCUT2D eigenvalue weighted by molar-refractivity contribution is 5.38. The lowest BCUT2D eigenvalue weighted by molar-refractivity contribution is 0.0817. The maximum atomic E-state index is 9.61. The number of aliphatic hydroxyl groups excluding tert-OH is 2. The summed E-state index contributed by atoms with van der Waals surface area (Å²) in [6.07, 6.45) is 1.86.